The van der Waals surface area contributed by atoms with Crippen molar-refractivity contribution in [2.75, 3.05) is 0 Å². The minimum absolute atomic E-state index is 0.791. The van der Waals surface area contributed by atoms with E-state index in [1.54, 1.807) is 56.9 Å². The Kier molecular flexibility index (Phi) is 13.4. The van der Waals surface area contributed by atoms with Crippen LogP contribution in [0.15, 0.2) is 35.5 Å². The Morgan fingerprint density at radius 1 is 0.625 bits per heavy atom. The van der Waals surface area contributed by atoms with Crippen molar-refractivity contribution in [1.82, 2.24) is 0 Å². The van der Waals surface area contributed by atoms with E-state index in [0.29, 0.717) is 0 Å². The molecule has 0 radical (unpaired) electrons. The summed E-state index contributed by atoms with van der Waals surface area (Å²) >= 11 is 0. The summed E-state index contributed by atoms with van der Waals surface area (Å²) in [6.45, 7) is 13.2. The monoisotopic (exact) mass is 763 g/mol. The molecule has 0 N–H and O–H groups in total. The van der Waals surface area contributed by atoms with Crippen LogP contribution in [-0.2, 0) is 0 Å². The summed E-state index contributed by atoms with van der Waals surface area (Å²) in [7, 11) is 0. The van der Waals surface area contributed by atoms with Crippen molar-refractivity contribution in [3.05, 3.63) is 35.5 Å². The first kappa shape index (κ1) is 40.6. The Balaban J connectivity index is 0.982. The average Bonchev–Trinajstić information content (AvgIpc) is 3.52. The van der Waals surface area contributed by atoms with E-state index in [1.165, 1.54) is 141 Å². The molecule has 0 aromatic rings. The normalized spacial score (nSPS) is 44.3. The van der Waals surface area contributed by atoms with Crippen molar-refractivity contribution in [3.8, 4) is 0 Å². The predicted molar refractivity (Wildman–Crippen MR) is 240 cm³/mol. The summed E-state index contributed by atoms with van der Waals surface area (Å²) in [5.41, 5.74) is 5.60. The zero-order valence-electron chi connectivity index (χ0n) is 37.4. The average molecular weight is 763 g/mol. The van der Waals surface area contributed by atoms with E-state index in [1.807, 2.05) is 11.1 Å². The Bertz CT molecular complexity index is 1350. The molecule has 0 spiro atoms. The molecule has 0 heterocycles. The highest BCUT2D eigenvalue weighted by Gasteiger charge is 2.54. The van der Waals surface area contributed by atoms with Gasteiger partial charge in [-0.2, -0.15) is 0 Å². The Morgan fingerprint density at radius 3 is 2.18 bits per heavy atom. The Labute approximate surface area is 348 Å². The van der Waals surface area contributed by atoms with Crippen molar-refractivity contribution in [1.29, 1.82) is 0 Å². The van der Waals surface area contributed by atoms with Gasteiger partial charge in [-0.15, -0.1) is 0 Å². The second-order valence-corrected chi connectivity index (χ2v) is 23.2. The number of allylic oxidation sites excluding steroid dienone is 5. The highest BCUT2D eigenvalue weighted by Crippen LogP contribution is 2.63. The minimum atomic E-state index is 0.791. The summed E-state index contributed by atoms with van der Waals surface area (Å²) in [5, 5.41) is 0. The summed E-state index contributed by atoms with van der Waals surface area (Å²) in [6, 6.07) is 0. The minimum Gasteiger partial charge on any atom is -0.0993 e. The largest absolute Gasteiger partial charge is 0.0993 e. The van der Waals surface area contributed by atoms with Gasteiger partial charge in [-0.1, -0.05) is 165 Å². The van der Waals surface area contributed by atoms with Gasteiger partial charge in [0.2, 0.25) is 0 Å². The molecule has 7 saturated carbocycles. The lowest BCUT2D eigenvalue weighted by Crippen LogP contribution is -2.49. The second kappa shape index (κ2) is 18.5. The number of hydrogen-bond acceptors (Lipinski definition) is 0. The smallest absolute Gasteiger partial charge is 0.0138 e. The molecule has 0 aromatic carbocycles. The summed E-state index contributed by atoms with van der Waals surface area (Å²) in [5.74, 6) is 16.2. The van der Waals surface area contributed by atoms with Crippen LogP contribution in [0.4, 0.5) is 0 Å². The molecular formula is C56H90. The van der Waals surface area contributed by atoms with Gasteiger partial charge in [-0.3, -0.25) is 0 Å². The highest BCUT2D eigenvalue weighted by molar-refractivity contribution is 5.23. The molecule has 9 aliphatic rings. The fraction of sp³-hybridized carbons (Fsp3) is 0.893. The summed E-state index contributed by atoms with van der Waals surface area (Å²) in [6.07, 6.45) is 50.7. The zero-order valence-corrected chi connectivity index (χ0v) is 37.4. The topological polar surface area (TPSA) is 0 Å². The third kappa shape index (κ3) is 8.06. The van der Waals surface area contributed by atoms with Crippen LogP contribution in [0.5, 0.6) is 0 Å². The molecule has 314 valence electrons. The highest BCUT2D eigenvalue weighted by atomic mass is 14.6. The van der Waals surface area contributed by atoms with Crippen LogP contribution in [0, 0.1) is 101 Å². The van der Waals surface area contributed by atoms with E-state index >= 15 is 0 Å². The van der Waals surface area contributed by atoms with Crippen molar-refractivity contribution >= 4 is 0 Å². The van der Waals surface area contributed by atoms with E-state index in [9.17, 15) is 0 Å². The van der Waals surface area contributed by atoms with E-state index in [-0.39, 0.29) is 0 Å². The maximum atomic E-state index is 5.41. The Morgan fingerprint density at radius 2 is 1.34 bits per heavy atom. The maximum absolute atomic E-state index is 5.41. The lowest BCUT2D eigenvalue weighted by atomic mass is 9.47. The third-order valence-corrected chi connectivity index (χ3v) is 20.7. The van der Waals surface area contributed by atoms with Crippen LogP contribution in [0.3, 0.4) is 0 Å². The number of unbranched alkanes of at least 4 members (excludes halogenated alkanes) is 2. The molecule has 16 atom stereocenters. The van der Waals surface area contributed by atoms with Gasteiger partial charge in [-0.05, 0) is 185 Å². The molecule has 56 heavy (non-hydrogen) atoms. The second-order valence-electron chi connectivity index (χ2n) is 23.2. The van der Waals surface area contributed by atoms with Gasteiger partial charge in [0.15, 0.2) is 0 Å². The molecule has 0 amide bonds. The van der Waals surface area contributed by atoms with Crippen LogP contribution in [0.2, 0.25) is 0 Å². The van der Waals surface area contributed by atoms with E-state index in [4.69, 9.17) is 6.58 Å². The SMILES string of the molecule is C=C(C1CCCCC1C(C(C)CCCCC)C1CCCC(C2CC=C3CCC4CCCC5CCC2C3C45)C1)C1CCC2CCC=C(C)C2C1C1CCCCCC1. The molecule has 0 aromatic heterocycles. The molecule has 9 aliphatic carbocycles. The van der Waals surface area contributed by atoms with Crippen LogP contribution in [-0.4, -0.2) is 0 Å². The molecule has 0 saturated heterocycles. The number of rotatable bonds is 11. The molecule has 0 aliphatic heterocycles. The van der Waals surface area contributed by atoms with Gasteiger partial charge < -0.3 is 0 Å². The van der Waals surface area contributed by atoms with Crippen molar-refractivity contribution < 1.29 is 0 Å². The van der Waals surface area contributed by atoms with Crippen molar-refractivity contribution in [2.24, 2.45) is 101 Å². The van der Waals surface area contributed by atoms with Gasteiger partial charge in [0.05, 0.1) is 0 Å². The fourth-order valence-corrected chi connectivity index (χ4v) is 18.6. The van der Waals surface area contributed by atoms with Gasteiger partial charge in [0.25, 0.3) is 0 Å². The lowest BCUT2D eigenvalue weighted by molar-refractivity contribution is -0.0418. The van der Waals surface area contributed by atoms with E-state index in [0.717, 1.165) is 101 Å². The Hall–Kier alpha value is -0.780. The first-order chi connectivity index (χ1) is 27.5. The van der Waals surface area contributed by atoms with E-state index in [2.05, 4.69) is 32.9 Å². The van der Waals surface area contributed by atoms with Crippen LogP contribution in [0.1, 0.15) is 213 Å². The van der Waals surface area contributed by atoms with Gasteiger partial charge in [0, 0.05) is 0 Å². The van der Waals surface area contributed by atoms with Gasteiger partial charge >= 0.3 is 0 Å². The number of fused-ring (bicyclic) bond motifs is 1. The quantitative estimate of drug-likeness (QED) is 0.112. The van der Waals surface area contributed by atoms with Gasteiger partial charge in [0.1, 0.15) is 0 Å². The summed E-state index contributed by atoms with van der Waals surface area (Å²) < 4.78 is 0. The van der Waals surface area contributed by atoms with Gasteiger partial charge in [-0.25, -0.2) is 0 Å². The van der Waals surface area contributed by atoms with Crippen LogP contribution < -0.4 is 0 Å². The molecule has 9 rings (SSSR count). The first-order valence-corrected chi connectivity index (χ1v) is 26.6. The lowest BCUT2D eigenvalue weighted by Gasteiger charge is -2.58. The molecule has 0 nitrogen and oxygen atoms in total. The van der Waals surface area contributed by atoms with Crippen molar-refractivity contribution in [3.63, 3.8) is 0 Å². The zero-order chi connectivity index (χ0) is 38.2. The third-order valence-electron chi connectivity index (χ3n) is 20.7. The maximum Gasteiger partial charge on any atom is -0.0138 e. The van der Waals surface area contributed by atoms with Crippen molar-refractivity contribution in [2.45, 2.75) is 213 Å². The van der Waals surface area contributed by atoms with Crippen LogP contribution >= 0.6 is 0 Å². The standard InChI is InChI=1S/C56H90/c1-5-6-9-17-37(2)52(46-25-16-24-45(36-46)49-34-31-44-29-28-42-22-15-23-43-32-35-51(49)56(44)54(42)43)50-27-13-12-26-47(50)39(4)48-33-30-41-21-14-18-38(3)53(41)55(48)40-19-10-7-8-11-20-40/h18,31,37,40-43,45-56H,4-17,19-30,32-36H2,1-3H3. The number of hydrogen-bond donors (Lipinski definition) is 0. The predicted octanol–water partition coefficient (Wildman–Crippen LogP) is 16.8. The fourth-order valence-electron chi connectivity index (χ4n) is 18.6. The van der Waals surface area contributed by atoms with Crippen LogP contribution in [0.25, 0.3) is 0 Å². The molecular weight excluding hydrogens is 673 g/mol. The molecule has 7 fully saturated rings. The summed E-state index contributed by atoms with van der Waals surface area (Å²) in [4.78, 5) is 0. The van der Waals surface area contributed by atoms with E-state index < -0.39 is 0 Å². The molecule has 0 heteroatoms. The molecule has 16 unspecified atom stereocenters. The molecule has 0 bridgehead atoms. The first-order valence-electron chi connectivity index (χ1n) is 26.6.